The van der Waals surface area contributed by atoms with Crippen LogP contribution in [0.1, 0.15) is 42.6 Å². The molecule has 19 heavy (non-hydrogen) atoms. The SMILES string of the molecule is CN(C)CCn1ncc(Br)c1C(=O)C1CCCCC1. The number of hydrogen-bond acceptors (Lipinski definition) is 3. The van der Waals surface area contributed by atoms with E-state index in [1.807, 2.05) is 18.8 Å². The minimum absolute atomic E-state index is 0.194. The first-order valence-corrected chi connectivity index (χ1v) is 7.79. The molecule has 0 unspecified atom stereocenters. The molecule has 2 rings (SSSR count). The molecule has 0 amide bonds. The Bertz CT molecular complexity index is 436. The molecule has 106 valence electrons. The molecule has 0 bridgehead atoms. The summed E-state index contributed by atoms with van der Waals surface area (Å²) < 4.78 is 2.68. The van der Waals surface area contributed by atoms with Crippen LogP contribution in [0.5, 0.6) is 0 Å². The highest BCUT2D eigenvalue weighted by atomic mass is 79.9. The fraction of sp³-hybridized carbons (Fsp3) is 0.714. The van der Waals surface area contributed by atoms with Crippen molar-refractivity contribution in [2.75, 3.05) is 20.6 Å². The summed E-state index contributed by atoms with van der Waals surface area (Å²) in [5.74, 6) is 0.461. The van der Waals surface area contributed by atoms with Crippen LogP contribution in [0.3, 0.4) is 0 Å². The molecule has 0 radical (unpaired) electrons. The van der Waals surface area contributed by atoms with E-state index in [0.29, 0.717) is 0 Å². The van der Waals surface area contributed by atoms with Gasteiger partial charge in [-0.25, -0.2) is 0 Å². The van der Waals surface area contributed by atoms with Gasteiger partial charge in [0.25, 0.3) is 0 Å². The smallest absolute Gasteiger partial charge is 0.185 e. The molecule has 5 heteroatoms. The molecule has 0 saturated heterocycles. The predicted octanol–water partition coefficient (Wildman–Crippen LogP) is 2.97. The van der Waals surface area contributed by atoms with Crippen molar-refractivity contribution in [2.24, 2.45) is 5.92 Å². The van der Waals surface area contributed by atoms with Crippen molar-refractivity contribution in [2.45, 2.75) is 38.6 Å². The number of nitrogens with zero attached hydrogens (tertiary/aromatic N) is 3. The Morgan fingerprint density at radius 2 is 2.11 bits per heavy atom. The summed E-state index contributed by atoms with van der Waals surface area (Å²) >= 11 is 3.47. The maximum atomic E-state index is 12.6. The van der Waals surface area contributed by atoms with Crippen LogP contribution in [0.2, 0.25) is 0 Å². The quantitative estimate of drug-likeness (QED) is 0.780. The maximum absolute atomic E-state index is 12.6. The van der Waals surface area contributed by atoms with Crippen LogP contribution in [-0.2, 0) is 6.54 Å². The van der Waals surface area contributed by atoms with E-state index in [9.17, 15) is 4.79 Å². The van der Waals surface area contributed by atoms with E-state index in [0.717, 1.165) is 36.1 Å². The van der Waals surface area contributed by atoms with E-state index in [2.05, 4.69) is 25.9 Å². The molecule has 1 saturated carbocycles. The fourth-order valence-electron chi connectivity index (χ4n) is 2.63. The lowest BCUT2D eigenvalue weighted by Crippen LogP contribution is -2.25. The summed E-state index contributed by atoms with van der Waals surface area (Å²) in [6.07, 6.45) is 7.44. The summed E-state index contributed by atoms with van der Waals surface area (Å²) in [5.41, 5.74) is 0.758. The normalized spacial score (nSPS) is 17.1. The molecule has 0 N–H and O–H groups in total. The summed E-state index contributed by atoms with van der Waals surface area (Å²) in [5, 5.41) is 4.33. The zero-order chi connectivity index (χ0) is 13.8. The number of carbonyl (C=O) groups is 1. The lowest BCUT2D eigenvalue weighted by Gasteiger charge is -2.21. The molecule has 1 aliphatic carbocycles. The lowest BCUT2D eigenvalue weighted by atomic mass is 9.85. The first kappa shape index (κ1) is 14.7. The second-order valence-corrected chi connectivity index (χ2v) is 6.42. The molecule has 1 aromatic heterocycles. The van der Waals surface area contributed by atoms with Crippen molar-refractivity contribution < 1.29 is 4.79 Å². The van der Waals surface area contributed by atoms with E-state index in [1.165, 1.54) is 19.3 Å². The Balaban J connectivity index is 2.13. The van der Waals surface area contributed by atoms with Crippen LogP contribution in [0.4, 0.5) is 0 Å². The monoisotopic (exact) mass is 327 g/mol. The van der Waals surface area contributed by atoms with Crippen LogP contribution in [0.25, 0.3) is 0 Å². The number of hydrogen-bond donors (Lipinski definition) is 0. The highest BCUT2D eigenvalue weighted by molar-refractivity contribution is 9.10. The molecule has 1 heterocycles. The van der Waals surface area contributed by atoms with Crippen LogP contribution < -0.4 is 0 Å². The van der Waals surface area contributed by atoms with Gasteiger partial charge in [-0.05, 0) is 42.9 Å². The minimum Gasteiger partial charge on any atom is -0.308 e. The van der Waals surface area contributed by atoms with E-state index >= 15 is 0 Å². The lowest BCUT2D eigenvalue weighted by molar-refractivity contribution is 0.0876. The van der Waals surface area contributed by atoms with Crippen molar-refractivity contribution >= 4 is 21.7 Å². The van der Waals surface area contributed by atoms with Gasteiger partial charge in [0.05, 0.1) is 17.2 Å². The third-order valence-electron chi connectivity index (χ3n) is 3.76. The summed E-state index contributed by atoms with van der Waals surface area (Å²) in [4.78, 5) is 14.7. The van der Waals surface area contributed by atoms with Crippen molar-refractivity contribution in [3.8, 4) is 0 Å². The van der Waals surface area contributed by atoms with Gasteiger partial charge in [-0.15, -0.1) is 0 Å². The predicted molar refractivity (Wildman–Crippen MR) is 79.4 cm³/mol. The largest absolute Gasteiger partial charge is 0.308 e. The standard InChI is InChI=1S/C14H22BrN3O/c1-17(2)8-9-18-13(12(15)10-16-18)14(19)11-6-4-3-5-7-11/h10-11H,3-9H2,1-2H3. The van der Waals surface area contributed by atoms with Crippen LogP contribution in [0.15, 0.2) is 10.7 Å². The van der Waals surface area contributed by atoms with Crippen molar-refractivity contribution in [1.29, 1.82) is 0 Å². The molecule has 1 aromatic rings. The first-order chi connectivity index (χ1) is 9.09. The fourth-order valence-corrected chi connectivity index (χ4v) is 3.12. The zero-order valence-corrected chi connectivity index (χ0v) is 13.3. The molecule has 4 nitrogen and oxygen atoms in total. The Kier molecular flexibility index (Phi) is 5.16. The molecular formula is C14H22BrN3O. The highest BCUT2D eigenvalue weighted by Gasteiger charge is 2.27. The van der Waals surface area contributed by atoms with Crippen molar-refractivity contribution in [3.63, 3.8) is 0 Å². The van der Waals surface area contributed by atoms with Gasteiger partial charge in [0, 0.05) is 12.5 Å². The number of likely N-dealkylation sites (N-methyl/N-ethyl adjacent to an activating group) is 1. The van der Waals surface area contributed by atoms with Gasteiger partial charge in [0.2, 0.25) is 0 Å². The average molecular weight is 328 g/mol. The Hall–Kier alpha value is -0.680. The number of rotatable bonds is 5. The Labute approximate surface area is 123 Å². The Morgan fingerprint density at radius 3 is 2.74 bits per heavy atom. The summed E-state index contributed by atoms with van der Waals surface area (Å²) in [6, 6.07) is 0. The summed E-state index contributed by atoms with van der Waals surface area (Å²) in [6.45, 7) is 1.64. The number of carbonyl (C=O) groups excluding carboxylic acids is 1. The molecule has 0 spiro atoms. The maximum Gasteiger partial charge on any atom is 0.185 e. The molecule has 1 aliphatic rings. The third-order valence-corrected chi connectivity index (χ3v) is 4.34. The molecular weight excluding hydrogens is 306 g/mol. The van der Waals surface area contributed by atoms with Gasteiger partial charge in [-0.3, -0.25) is 9.48 Å². The van der Waals surface area contributed by atoms with Gasteiger partial charge < -0.3 is 4.90 Å². The zero-order valence-electron chi connectivity index (χ0n) is 11.7. The van der Waals surface area contributed by atoms with Crippen LogP contribution >= 0.6 is 15.9 Å². The molecule has 0 aliphatic heterocycles. The highest BCUT2D eigenvalue weighted by Crippen LogP contribution is 2.29. The number of Topliss-reactive ketones (excluding diaryl/α,β-unsaturated/α-hetero) is 1. The third kappa shape index (κ3) is 3.66. The second-order valence-electron chi connectivity index (χ2n) is 5.57. The van der Waals surface area contributed by atoms with E-state index < -0.39 is 0 Å². The van der Waals surface area contributed by atoms with E-state index in [-0.39, 0.29) is 11.7 Å². The van der Waals surface area contributed by atoms with Gasteiger partial charge in [-0.2, -0.15) is 5.10 Å². The molecule has 0 aromatic carbocycles. The minimum atomic E-state index is 0.194. The van der Waals surface area contributed by atoms with Gasteiger partial charge >= 0.3 is 0 Å². The first-order valence-electron chi connectivity index (χ1n) is 7.00. The van der Waals surface area contributed by atoms with Gasteiger partial charge in [0.1, 0.15) is 5.69 Å². The van der Waals surface area contributed by atoms with E-state index in [1.54, 1.807) is 6.20 Å². The van der Waals surface area contributed by atoms with Crippen molar-refractivity contribution in [3.05, 3.63) is 16.4 Å². The van der Waals surface area contributed by atoms with Crippen molar-refractivity contribution in [1.82, 2.24) is 14.7 Å². The van der Waals surface area contributed by atoms with E-state index in [4.69, 9.17) is 0 Å². The average Bonchev–Trinajstić information content (AvgIpc) is 2.78. The number of aromatic nitrogens is 2. The number of ketones is 1. The van der Waals surface area contributed by atoms with Gasteiger partial charge in [-0.1, -0.05) is 19.3 Å². The Morgan fingerprint density at radius 1 is 1.42 bits per heavy atom. The van der Waals surface area contributed by atoms with Crippen LogP contribution in [-0.4, -0.2) is 41.1 Å². The second kappa shape index (κ2) is 6.66. The molecule has 0 atom stereocenters. The van der Waals surface area contributed by atoms with Gasteiger partial charge in [0.15, 0.2) is 5.78 Å². The van der Waals surface area contributed by atoms with Crippen LogP contribution in [0, 0.1) is 5.92 Å². The molecule has 1 fully saturated rings. The summed E-state index contributed by atoms with van der Waals surface area (Å²) in [7, 11) is 4.06. The topological polar surface area (TPSA) is 38.1 Å². The number of halogens is 1.